The van der Waals surface area contributed by atoms with Crippen LogP contribution in [0.4, 0.5) is 5.13 Å². The maximum Gasteiger partial charge on any atom is 0.326 e. The number of carboxylic acid groups (broad SMARTS) is 1. The Morgan fingerprint density at radius 1 is 1.26 bits per heavy atom. The molecule has 1 aliphatic rings. The lowest BCUT2D eigenvalue weighted by Crippen LogP contribution is -2.42. The number of ether oxygens (including phenoxy) is 2. The fraction of sp³-hybridized carbons (Fsp3) is 0.391. The van der Waals surface area contributed by atoms with Crippen molar-refractivity contribution in [2.24, 2.45) is 0 Å². The number of aliphatic carboxylic acids is 1. The molecular weight excluding hydrogens is 460 g/mol. The van der Waals surface area contributed by atoms with Gasteiger partial charge < -0.3 is 29.9 Å². The average molecular weight is 487 g/mol. The van der Waals surface area contributed by atoms with E-state index in [1.165, 1.54) is 11.3 Å². The number of rotatable bonds is 8. The number of carbonyl (C=O) groups is 2. The molecular formula is C23H26N4O6S. The van der Waals surface area contributed by atoms with Crippen LogP contribution >= 0.6 is 11.3 Å². The van der Waals surface area contributed by atoms with Crippen molar-refractivity contribution in [3.63, 3.8) is 0 Å². The number of nitrogens with one attached hydrogen (secondary N) is 1. The van der Waals surface area contributed by atoms with Crippen molar-refractivity contribution in [1.82, 2.24) is 14.9 Å². The van der Waals surface area contributed by atoms with E-state index in [0.717, 1.165) is 15.4 Å². The van der Waals surface area contributed by atoms with Gasteiger partial charge in [0.1, 0.15) is 35.9 Å². The molecule has 2 aromatic heterocycles. The zero-order valence-corrected chi connectivity index (χ0v) is 19.8. The van der Waals surface area contributed by atoms with E-state index in [4.69, 9.17) is 14.5 Å². The number of aliphatic hydroxyl groups is 1. The Kier molecular flexibility index (Phi) is 6.85. The highest BCUT2D eigenvalue weighted by Gasteiger charge is 2.40. The highest BCUT2D eigenvalue weighted by atomic mass is 32.1. The molecule has 3 heterocycles. The minimum absolute atomic E-state index is 0.0603. The molecule has 3 aromatic rings. The number of carboxylic acids is 1. The van der Waals surface area contributed by atoms with E-state index in [0.29, 0.717) is 28.4 Å². The number of benzene rings is 1. The van der Waals surface area contributed by atoms with Crippen LogP contribution in [-0.2, 0) is 9.59 Å². The topological polar surface area (TPSA) is 134 Å². The van der Waals surface area contributed by atoms with Crippen LogP contribution in [0, 0.1) is 0 Å². The summed E-state index contributed by atoms with van der Waals surface area (Å²) in [4.78, 5) is 34.2. The van der Waals surface area contributed by atoms with Gasteiger partial charge in [-0.1, -0.05) is 0 Å². The van der Waals surface area contributed by atoms with Crippen molar-refractivity contribution in [2.75, 3.05) is 25.6 Å². The van der Waals surface area contributed by atoms with Crippen LogP contribution in [0.15, 0.2) is 29.6 Å². The highest BCUT2D eigenvalue weighted by molar-refractivity contribution is 7.14. The predicted molar refractivity (Wildman–Crippen MR) is 127 cm³/mol. The molecule has 4 rings (SSSR count). The van der Waals surface area contributed by atoms with Gasteiger partial charge in [-0.2, -0.15) is 0 Å². The average Bonchev–Trinajstić information content (AvgIpc) is 3.45. The molecule has 3 N–H and O–H groups in total. The normalized spacial score (nSPS) is 17.9. The summed E-state index contributed by atoms with van der Waals surface area (Å²) < 4.78 is 11.6. The quantitative estimate of drug-likeness (QED) is 0.439. The van der Waals surface area contributed by atoms with Gasteiger partial charge in [0, 0.05) is 35.4 Å². The molecule has 1 aliphatic heterocycles. The smallest absolute Gasteiger partial charge is 0.326 e. The van der Waals surface area contributed by atoms with Crippen LogP contribution in [0.1, 0.15) is 20.3 Å². The highest BCUT2D eigenvalue weighted by Crippen LogP contribution is 2.35. The first-order valence-corrected chi connectivity index (χ1v) is 11.7. The van der Waals surface area contributed by atoms with Gasteiger partial charge in [-0.25, -0.2) is 14.8 Å². The monoisotopic (exact) mass is 486 g/mol. The summed E-state index contributed by atoms with van der Waals surface area (Å²) in [5, 5.41) is 25.4. The molecule has 0 radical (unpaired) electrons. The molecule has 0 bridgehead atoms. The lowest BCUT2D eigenvalue weighted by atomic mass is 10.1. The van der Waals surface area contributed by atoms with E-state index in [1.54, 1.807) is 25.3 Å². The lowest BCUT2D eigenvalue weighted by Gasteiger charge is -2.20. The van der Waals surface area contributed by atoms with Crippen molar-refractivity contribution in [1.29, 1.82) is 0 Å². The Bertz CT molecular complexity index is 1210. The standard InChI is InChI=1S/C23H26N4O6S/c1-12(2)24-23-26-18(11-34-23)17-8-20(15-5-4-13(32-3)6-16(15)25-17)33-14-7-19(22(30)31)27(9-14)21(29)10-28/h4-6,8,11-12,14,19,28H,7,9-10H2,1-3H3,(H,24,26)(H,30,31)/t14-,19+/m1/s1. The molecule has 34 heavy (non-hydrogen) atoms. The fourth-order valence-electron chi connectivity index (χ4n) is 3.90. The van der Waals surface area contributed by atoms with Crippen LogP contribution in [0.5, 0.6) is 11.5 Å². The van der Waals surface area contributed by atoms with Crippen LogP contribution < -0.4 is 14.8 Å². The number of anilines is 1. The number of thiazole rings is 1. The molecule has 1 amide bonds. The van der Waals surface area contributed by atoms with Gasteiger partial charge in [-0.3, -0.25) is 4.79 Å². The molecule has 0 spiro atoms. The minimum atomic E-state index is -1.13. The number of pyridine rings is 1. The molecule has 1 saturated heterocycles. The molecule has 2 atom stereocenters. The maximum absolute atomic E-state index is 12.0. The van der Waals surface area contributed by atoms with Crippen LogP contribution in [0.3, 0.4) is 0 Å². The van der Waals surface area contributed by atoms with Crippen LogP contribution in [0.2, 0.25) is 0 Å². The van der Waals surface area contributed by atoms with Gasteiger partial charge in [0.2, 0.25) is 5.91 Å². The molecule has 180 valence electrons. The Morgan fingerprint density at radius 2 is 2.06 bits per heavy atom. The fourth-order valence-corrected chi connectivity index (χ4v) is 4.75. The second-order valence-electron chi connectivity index (χ2n) is 8.26. The summed E-state index contributed by atoms with van der Waals surface area (Å²) in [5.41, 5.74) is 1.91. The van der Waals surface area contributed by atoms with E-state index in [2.05, 4.69) is 10.3 Å². The van der Waals surface area contributed by atoms with Crippen molar-refractivity contribution in [2.45, 2.75) is 38.5 Å². The zero-order valence-electron chi connectivity index (χ0n) is 19.0. The number of aliphatic hydroxyl groups excluding tert-OH is 1. The number of hydrogen-bond acceptors (Lipinski definition) is 9. The van der Waals surface area contributed by atoms with Gasteiger partial charge in [0.15, 0.2) is 5.13 Å². The number of carbonyl (C=O) groups excluding carboxylic acids is 1. The van der Waals surface area contributed by atoms with E-state index >= 15 is 0 Å². The van der Waals surface area contributed by atoms with Gasteiger partial charge in [0.25, 0.3) is 0 Å². The van der Waals surface area contributed by atoms with Crippen molar-refractivity contribution in [3.8, 4) is 22.9 Å². The van der Waals surface area contributed by atoms with Gasteiger partial charge >= 0.3 is 5.97 Å². The number of hydrogen-bond donors (Lipinski definition) is 3. The van der Waals surface area contributed by atoms with Crippen LogP contribution in [-0.4, -0.2) is 75.4 Å². The summed E-state index contributed by atoms with van der Waals surface area (Å²) >= 11 is 1.47. The number of likely N-dealkylation sites (tertiary alicyclic amines) is 1. The molecule has 0 aliphatic carbocycles. The van der Waals surface area contributed by atoms with E-state index in [1.807, 2.05) is 25.3 Å². The first-order chi connectivity index (χ1) is 16.3. The van der Waals surface area contributed by atoms with E-state index in [-0.39, 0.29) is 19.0 Å². The Hall–Kier alpha value is -3.44. The molecule has 1 aromatic carbocycles. The van der Waals surface area contributed by atoms with Gasteiger partial charge in [-0.15, -0.1) is 11.3 Å². The summed E-state index contributed by atoms with van der Waals surface area (Å²) in [6, 6.07) is 6.37. The van der Waals surface area contributed by atoms with Crippen molar-refractivity contribution >= 4 is 39.2 Å². The first kappa shape index (κ1) is 23.7. The Morgan fingerprint density at radius 3 is 2.74 bits per heavy atom. The SMILES string of the molecule is COc1ccc2c(O[C@@H]3C[C@@H](C(=O)O)N(C(=O)CO)C3)cc(-c3csc(NC(C)C)n3)nc2c1. The third-order valence-electron chi connectivity index (χ3n) is 5.45. The van der Waals surface area contributed by atoms with E-state index < -0.39 is 30.6 Å². The summed E-state index contributed by atoms with van der Waals surface area (Å²) in [5.74, 6) is -0.641. The molecule has 1 fully saturated rings. The van der Waals surface area contributed by atoms with Crippen molar-refractivity contribution < 1.29 is 29.3 Å². The molecule has 11 heteroatoms. The van der Waals surface area contributed by atoms with Crippen LogP contribution in [0.25, 0.3) is 22.3 Å². The number of amides is 1. The predicted octanol–water partition coefficient (Wildman–Crippen LogP) is 2.61. The van der Waals surface area contributed by atoms with Crippen molar-refractivity contribution in [3.05, 3.63) is 29.6 Å². The lowest BCUT2D eigenvalue weighted by molar-refractivity contribution is -0.149. The third kappa shape index (κ3) is 4.90. The maximum atomic E-state index is 12.0. The number of methoxy groups -OCH3 is 1. The second kappa shape index (κ2) is 9.82. The second-order valence-corrected chi connectivity index (χ2v) is 9.12. The summed E-state index contributed by atoms with van der Waals surface area (Å²) in [7, 11) is 1.57. The summed E-state index contributed by atoms with van der Waals surface area (Å²) in [6.45, 7) is 3.37. The first-order valence-electron chi connectivity index (χ1n) is 10.8. The Balaban J connectivity index is 1.70. The Labute approximate surface area is 200 Å². The third-order valence-corrected chi connectivity index (χ3v) is 6.23. The zero-order chi connectivity index (χ0) is 24.4. The summed E-state index contributed by atoms with van der Waals surface area (Å²) in [6.07, 6.45) is -0.457. The largest absolute Gasteiger partial charge is 0.497 e. The number of aromatic nitrogens is 2. The van der Waals surface area contributed by atoms with Gasteiger partial charge in [-0.05, 0) is 26.0 Å². The molecule has 0 saturated carbocycles. The molecule has 10 nitrogen and oxygen atoms in total. The number of fused-ring (bicyclic) bond motifs is 1. The molecule has 0 unspecified atom stereocenters. The van der Waals surface area contributed by atoms with Gasteiger partial charge in [0.05, 0.1) is 24.9 Å². The minimum Gasteiger partial charge on any atom is -0.497 e. The number of nitrogens with zero attached hydrogens (tertiary/aromatic N) is 3. The van der Waals surface area contributed by atoms with E-state index in [9.17, 15) is 19.8 Å².